The molecule has 0 radical (unpaired) electrons. The molecular weight excluding hydrogens is 290 g/mol. The minimum atomic E-state index is -0.265. The smallest absolute Gasteiger partial charge is 0.269 e. The van der Waals surface area contributed by atoms with E-state index in [2.05, 4.69) is 11.4 Å². The highest BCUT2D eigenvalue weighted by molar-refractivity contribution is 5.96. The first kappa shape index (κ1) is 16.6. The number of carbonyl (C=O) groups excluding carboxylic acids is 1. The summed E-state index contributed by atoms with van der Waals surface area (Å²) in [6.07, 6.45) is 1.71. The Morgan fingerprint density at radius 1 is 1.26 bits per heavy atom. The quantitative estimate of drug-likeness (QED) is 0.922. The second-order valence-electron chi connectivity index (χ2n) is 5.74. The van der Waals surface area contributed by atoms with Crippen LogP contribution in [0.1, 0.15) is 36.8 Å². The molecule has 0 saturated carbocycles. The summed E-state index contributed by atoms with van der Waals surface area (Å²) in [5.74, 6) is 0.677. The molecule has 120 valence electrons. The van der Waals surface area contributed by atoms with Crippen molar-refractivity contribution in [2.45, 2.75) is 26.8 Å². The maximum atomic E-state index is 12.7. The van der Waals surface area contributed by atoms with Crippen LogP contribution < -0.4 is 10.1 Å². The van der Waals surface area contributed by atoms with Crippen molar-refractivity contribution >= 4 is 5.91 Å². The molecule has 5 heteroatoms. The van der Waals surface area contributed by atoms with Crippen molar-refractivity contribution in [3.63, 3.8) is 0 Å². The zero-order valence-corrected chi connectivity index (χ0v) is 13.8. The Labute approximate surface area is 136 Å². The Kier molecular flexibility index (Phi) is 5.07. The lowest BCUT2D eigenvalue weighted by atomic mass is 10.1. The first-order valence-electron chi connectivity index (χ1n) is 7.55. The third kappa shape index (κ3) is 3.37. The number of hydrogen-bond donors (Lipinski definition) is 1. The summed E-state index contributed by atoms with van der Waals surface area (Å²) in [7, 11) is 1.58. The summed E-state index contributed by atoms with van der Waals surface area (Å²) in [6, 6.07) is 11.1. The number of amides is 1. The number of rotatable bonds is 5. The first-order valence-corrected chi connectivity index (χ1v) is 7.55. The van der Waals surface area contributed by atoms with Crippen molar-refractivity contribution in [2.75, 3.05) is 7.11 Å². The summed E-state index contributed by atoms with van der Waals surface area (Å²) < 4.78 is 7.06. The second-order valence-corrected chi connectivity index (χ2v) is 5.74. The summed E-state index contributed by atoms with van der Waals surface area (Å²) in [4.78, 5) is 12.7. The molecule has 0 bridgehead atoms. The summed E-state index contributed by atoms with van der Waals surface area (Å²) in [6.45, 7) is 6.02. The lowest BCUT2D eigenvalue weighted by Crippen LogP contribution is -2.37. The molecule has 0 unspecified atom stereocenters. The van der Waals surface area contributed by atoms with Crippen molar-refractivity contribution in [3.8, 4) is 17.5 Å². The van der Waals surface area contributed by atoms with Crippen LogP contribution in [0.5, 0.6) is 5.75 Å². The number of para-hydroxylation sites is 2. The normalized spacial score (nSPS) is 11.8. The van der Waals surface area contributed by atoms with Crippen molar-refractivity contribution in [2.24, 2.45) is 5.92 Å². The molecule has 0 aliphatic carbocycles. The fraction of sp³-hybridized carbons (Fsp3) is 0.333. The molecule has 5 nitrogen and oxygen atoms in total. The number of aromatic nitrogens is 1. The average Bonchev–Trinajstić information content (AvgIpc) is 2.98. The van der Waals surface area contributed by atoms with Gasteiger partial charge in [0.15, 0.2) is 0 Å². The van der Waals surface area contributed by atoms with Gasteiger partial charge in [-0.1, -0.05) is 26.0 Å². The largest absolute Gasteiger partial charge is 0.495 e. The minimum Gasteiger partial charge on any atom is -0.495 e. The molecule has 1 amide bonds. The molecule has 0 spiro atoms. The molecule has 0 fully saturated rings. The number of benzene rings is 1. The van der Waals surface area contributed by atoms with Gasteiger partial charge in [-0.25, -0.2) is 0 Å². The third-order valence-corrected chi connectivity index (χ3v) is 3.93. The van der Waals surface area contributed by atoms with Gasteiger partial charge in [0, 0.05) is 12.2 Å². The van der Waals surface area contributed by atoms with Crippen LogP contribution in [0.4, 0.5) is 0 Å². The van der Waals surface area contributed by atoms with E-state index in [1.165, 1.54) is 0 Å². The number of hydrogen-bond acceptors (Lipinski definition) is 3. The van der Waals surface area contributed by atoms with Gasteiger partial charge in [0.25, 0.3) is 5.91 Å². The number of nitrogens with zero attached hydrogens (tertiary/aromatic N) is 2. The predicted molar refractivity (Wildman–Crippen MR) is 88.8 cm³/mol. The van der Waals surface area contributed by atoms with Crippen molar-refractivity contribution < 1.29 is 9.53 Å². The third-order valence-electron chi connectivity index (χ3n) is 3.93. The zero-order valence-electron chi connectivity index (χ0n) is 13.8. The summed E-state index contributed by atoms with van der Waals surface area (Å²) in [5.41, 5.74) is 1.38. The van der Waals surface area contributed by atoms with Crippen molar-refractivity contribution in [1.29, 1.82) is 5.26 Å². The predicted octanol–water partition coefficient (Wildman–Crippen LogP) is 3.13. The molecule has 1 N–H and O–H groups in total. The van der Waals surface area contributed by atoms with E-state index in [9.17, 15) is 10.1 Å². The minimum absolute atomic E-state index is 0.00932. The van der Waals surface area contributed by atoms with Crippen LogP contribution in [0.15, 0.2) is 36.5 Å². The van der Waals surface area contributed by atoms with Gasteiger partial charge in [0.2, 0.25) is 0 Å². The Bertz CT molecular complexity index is 741. The van der Waals surface area contributed by atoms with Crippen molar-refractivity contribution in [1.82, 2.24) is 9.88 Å². The molecular formula is C18H21N3O2. The maximum absolute atomic E-state index is 12.7. The Hall–Kier alpha value is -2.74. The standard InChI is InChI=1S/C18H21N3O2/c1-12(2)13(3)20-18(22)17-14(11-19)9-10-21(17)15-7-5-6-8-16(15)23-4/h5-10,12-13H,1-4H3,(H,20,22)/t13-/m1/s1. The number of ether oxygens (including phenoxy) is 1. The van der Waals surface area contributed by atoms with Gasteiger partial charge in [-0.3, -0.25) is 4.79 Å². The number of carbonyl (C=O) groups is 1. The van der Waals surface area contributed by atoms with Crippen molar-refractivity contribution in [3.05, 3.63) is 47.8 Å². The fourth-order valence-electron chi connectivity index (χ4n) is 2.23. The molecule has 0 saturated heterocycles. The lowest BCUT2D eigenvalue weighted by Gasteiger charge is -2.19. The topological polar surface area (TPSA) is 67.0 Å². The molecule has 2 rings (SSSR count). The zero-order chi connectivity index (χ0) is 17.0. The highest BCUT2D eigenvalue weighted by atomic mass is 16.5. The monoisotopic (exact) mass is 311 g/mol. The molecule has 1 heterocycles. The molecule has 0 aliphatic rings. The van der Waals surface area contributed by atoms with E-state index < -0.39 is 0 Å². The van der Waals surface area contributed by atoms with Crippen LogP contribution in [0, 0.1) is 17.2 Å². The van der Waals surface area contributed by atoms with Crippen LogP contribution >= 0.6 is 0 Å². The van der Waals surface area contributed by atoms with E-state index in [-0.39, 0.29) is 11.9 Å². The van der Waals surface area contributed by atoms with E-state index >= 15 is 0 Å². The fourth-order valence-corrected chi connectivity index (χ4v) is 2.23. The van der Waals surface area contributed by atoms with Crippen LogP contribution in [-0.2, 0) is 0 Å². The highest BCUT2D eigenvalue weighted by Crippen LogP contribution is 2.25. The highest BCUT2D eigenvalue weighted by Gasteiger charge is 2.22. The van der Waals surface area contributed by atoms with E-state index in [1.54, 1.807) is 23.9 Å². The number of nitrogens with one attached hydrogen (secondary N) is 1. The van der Waals surface area contributed by atoms with Gasteiger partial charge in [0.05, 0.1) is 18.4 Å². The van der Waals surface area contributed by atoms with Gasteiger partial charge >= 0.3 is 0 Å². The van der Waals surface area contributed by atoms with Crippen LogP contribution in [-0.4, -0.2) is 23.6 Å². The maximum Gasteiger partial charge on any atom is 0.269 e. The molecule has 0 aliphatic heterocycles. The van der Waals surface area contributed by atoms with E-state index in [1.807, 2.05) is 45.0 Å². The molecule has 2 aromatic rings. The van der Waals surface area contributed by atoms with E-state index in [0.717, 1.165) is 5.69 Å². The van der Waals surface area contributed by atoms with Gasteiger partial charge in [0.1, 0.15) is 17.5 Å². The second kappa shape index (κ2) is 7.01. The van der Waals surface area contributed by atoms with Gasteiger partial charge in [-0.2, -0.15) is 5.26 Å². The first-order chi connectivity index (χ1) is 11.0. The van der Waals surface area contributed by atoms with Gasteiger partial charge in [-0.15, -0.1) is 0 Å². The Morgan fingerprint density at radius 3 is 2.57 bits per heavy atom. The summed E-state index contributed by atoms with van der Waals surface area (Å²) in [5, 5.41) is 12.3. The lowest BCUT2D eigenvalue weighted by molar-refractivity contribution is 0.0923. The molecule has 1 aromatic carbocycles. The van der Waals surface area contributed by atoms with Crippen LogP contribution in [0.2, 0.25) is 0 Å². The Balaban J connectivity index is 2.50. The van der Waals surface area contributed by atoms with Crippen LogP contribution in [0.3, 0.4) is 0 Å². The molecule has 1 aromatic heterocycles. The number of methoxy groups -OCH3 is 1. The van der Waals surface area contributed by atoms with Gasteiger partial charge < -0.3 is 14.6 Å². The Morgan fingerprint density at radius 2 is 1.96 bits per heavy atom. The molecule has 23 heavy (non-hydrogen) atoms. The van der Waals surface area contributed by atoms with E-state index in [4.69, 9.17) is 4.74 Å². The van der Waals surface area contributed by atoms with Gasteiger partial charge in [-0.05, 0) is 31.0 Å². The molecule has 1 atom stereocenters. The SMILES string of the molecule is COc1ccccc1-n1ccc(C#N)c1C(=O)N[C@H](C)C(C)C. The van der Waals surface area contributed by atoms with Crippen LogP contribution in [0.25, 0.3) is 5.69 Å². The summed E-state index contributed by atoms with van der Waals surface area (Å²) >= 11 is 0. The number of nitriles is 1. The van der Waals surface area contributed by atoms with E-state index in [0.29, 0.717) is 22.9 Å². The average molecular weight is 311 g/mol.